The van der Waals surface area contributed by atoms with Crippen LogP contribution in [-0.4, -0.2) is 70.5 Å². The normalized spacial score (nSPS) is 16.8. The number of rotatable bonds is 9. The van der Waals surface area contributed by atoms with E-state index >= 15 is 0 Å². The lowest BCUT2D eigenvalue weighted by Crippen LogP contribution is -2.49. The molecule has 0 saturated carbocycles. The molecule has 158 valence electrons. The van der Waals surface area contributed by atoms with Crippen molar-refractivity contribution in [3.63, 3.8) is 0 Å². The molecule has 6 heteroatoms. The molecule has 1 saturated heterocycles. The minimum absolute atomic E-state index is 0.0690. The van der Waals surface area contributed by atoms with Gasteiger partial charge < -0.3 is 25.0 Å². The maximum absolute atomic E-state index is 5.38. The minimum atomic E-state index is -0.0690. The van der Waals surface area contributed by atoms with Crippen LogP contribution in [0.15, 0.2) is 29.3 Å². The first-order chi connectivity index (χ1) is 13.5. The minimum Gasteiger partial charge on any atom is -0.497 e. The molecule has 0 aliphatic carbocycles. The predicted molar refractivity (Wildman–Crippen MR) is 116 cm³/mol. The Balaban J connectivity index is 1.94. The van der Waals surface area contributed by atoms with Crippen LogP contribution >= 0.6 is 0 Å². The highest BCUT2D eigenvalue weighted by molar-refractivity contribution is 5.80. The van der Waals surface area contributed by atoms with Gasteiger partial charge in [0.05, 0.1) is 20.3 Å². The van der Waals surface area contributed by atoms with Gasteiger partial charge in [0.25, 0.3) is 0 Å². The van der Waals surface area contributed by atoms with Gasteiger partial charge in [-0.2, -0.15) is 0 Å². The molecule has 1 aromatic rings. The largest absolute Gasteiger partial charge is 0.497 e. The van der Waals surface area contributed by atoms with Crippen LogP contribution in [0.1, 0.15) is 39.2 Å². The third-order valence-corrected chi connectivity index (χ3v) is 5.37. The highest BCUT2D eigenvalue weighted by atomic mass is 16.5. The highest BCUT2D eigenvalue weighted by Gasteiger charge is 2.23. The standard InChI is InChI=1S/C22H38N4O2/c1-6-23-21(25-19-10-12-26(13-11-19)14-15-27-4)24-17-22(2,3)18-8-7-9-20(16-18)28-5/h7-9,16,19H,6,10-15,17H2,1-5H3,(H2,23,24,25). The smallest absolute Gasteiger partial charge is 0.191 e. The lowest BCUT2D eigenvalue weighted by molar-refractivity contribution is 0.128. The molecule has 0 bridgehead atoms. The van der Waals surface area contributed by atoms with Crippen LogP contribution in [0, 0.1) is 0 Å². The number of aliphatic imine (C=N–C) groups is 1. The van der Waals surface area contributed by atoms with E-state index in [4.69, 9.17) is 14.5 Å². The number of hydrogen-bond donors (Lipinski definition) is 2. The van der Waals surface area contributed by atoms with Gasteiger partial charge in [-0.15, -0.1) is 0 Å². The quantitative estimate of drug-likeness (QED) is 0.501. The van der Waals surface area contributed by atoms with Crippen LogP contribution in [0.3, 0.4) is 0 Å². The molecule has 0 unspecified atom stereocenters. The fourth-order valence-corrected chi connectivity index (χ4v) is 3.45. The van der Waals surface area contributed by atoms with Gasteiger partial charge in [-0.25, -0.2) is 0 Å². The lowest BCUT2D eigenvalue weighted by atomic mass is 9.84. The van der Waals surface area contributed by atoms with E-state index in [9.17, 15) is 0 Å². The van der Waals surface area contributed by atoms with Crippen molar-refractivity contribution in [2.45, 2.75) is 45.1 Å². The lowest BCUT2D eigenvalue weighted by Gasteiger charge is -2.33. The molecule has 1 aromatic carbocycles. The number of likely N-dealkylation sites (tertiary alicyclic amines) is 1. The predicted octanol–water partition coefficient (Wildman–Crippen LogP) is 2.64. The molecule has 0 amide bonds. The summed E-state index contributed by atoms with van der Waals surface area (Å²) in [5.41, 5.74) is 1.17. The van der Waals surface area contributed by atoms with E-state index in [0.29, 0.717) is 12.6 Å². The van der Waals surface area contributed by atoms with Crippen molar-refractivity contribution < 1.29 is 9.47 Å². The van der Waals surface area contributed by atoms with Crippen molar-refractivity contribution in [2.24, 2.45) is 4.99 Å². The van der Waals surface area contributed by atoms with E-state index in [1.807, 2.05) is 12.1 Å². The van der Waals surface area contributed by atoms with Gasteiger partial charge >= 0.3 is 0 Å². The van der Waals surface area contributed by atoms with Crippen LogP contribution in [0.25, 0.3) is 0 Å². The molecule has 0 spiro atoms. The van der Waals surface area contributed by atoms with E-state index in [0.717, 1.165) is 57.3 Å². The Labute approximate surface area is 170 Å². The highest BCUT2D eigenvalue weighted by Crippen LogP contribution is 2.26. The summed E-state index contributed by atoms with van der Waals surface area (Å²) in [6, 6.07) is 8.74. The molecule has 2 N–H and O–H groups in total. The Hall–Kier alpha value is -1.79. The number of methoxy groups -OCH3 is 2. The molecule has 6 nitrogen and oxygen atoms in total. The molecule has 1 aliphatic rings. The first-order valence-electron chi connectivity index (χ1n) is 10.4. The van der Waals surface area contributed by atoms with Crippen molar-refractivity contribution in [1.29, 1.82) is 0 Å². The molecule has 1 fully saturated rings. The molecule has 0 radical (unpaired) electrons. The summed E-state index contributed by atoms with van der Waals surface area (Å²) in [6.45, 7) is 12.2. The number of hydrogen-bond acceptors (Lipinski definition) is 4. The molecule has 1 aliphatic heterocycles. The molecule has 0 aromatic heterocycles. The summed E-state index contributed by atoms with van der Waals surface area (Å²) in [5.74, 6) is 1.80. The Morgan fingerprint density at radius 2 is 2.00 bits per heavy atom. The summed E-state index contributed by atoms with van der Waals surface area (Å²) in [6.07, 6.45) is 2.26. The first-order valence-corrected chi connectivity index (χ1v) is 10.4. The zero-order chi connectivity index (χ0) is 20.4. The second-order valence-electron chi connectivity index (χ2n) is 8.06. The summed E-state index contributed by atoms with van der Waals surface area (Å²) in [5, 5.41) is 7.04. The molecule has 1 heterocycles. The van der Waals surface area contributed by atoms with E-state index in [1.54, 1.807) is 14.2 Å². The van der Waals surface area contributed by atoms with Gasteiger partial charge in [0, 0.05) is 44.7 Å². The van der Waals surface area contributed by atoms with Crippen molar-refractivity contribution in [3.05, 3.63) is 29.8 Å². The van der Waals surface area contributed by atoms with Gasteiger partial charge in [-0.1, -0.05) is 26.0 Å². The summed E-state index contributed by atoms with van der Waals surface area (Å²) < 4.78 is 10.6. The third kappa shape index (κ3) is 6.99. The summed E-state index contributed by atoms with van der Waals surface area (Å²) >= 11 is 0. The molecule has 0 atom stereocenters. The number of ether oxygens (including phenoxy) is 2. The van der Waals surface area contributed by atoms with Gasteiger partial charge in [0.2, 0.25) is 0 Å². The molecule has 28 heavy (non-hydrogen) atoms. The topological polar surface area (TPSA) is 58.1 Å². The number of nitrogens with one attached hydrogen (secondary N) is 2. The van der Waals surface area contributed by atoms with E-state index in [-0.39, 0.29) is 5.41 Å². The van der Waals surface area contributed by atoms with Crippen LogP contribution in [0.5, 0.6) is 5.75 Å². The number of nitrogens with zero attached hydrogens (tertiary/aromatic N) is 2. The van der Waals surface area contributed by atoms with Gasteiger partial charge in [-0.05, 0) is 37.5 Å². The number of benzene rings is 1. The summed E-state index contributed by atoms with van der Waals surface area (Å²) in [4.78, 5) is 7.37. The Kier molecular flexibility index (Phi) is 9.06. The van der Waals surface area contributed by atoms with Crippen molar-refractivity contribution in [3.8, 4) is 5.75 Å². The monoisotopic (exact) mass is 390 g/mol. The average Bonchev–Trinajstić information content (AvgIpc) is 2.72. The second kappa shape index (κ2) is 11.3. The third-order valence-electron chi connectivity index (χ3n) is 5.37. The molecular formula is C22H38N4O2. The van der Waals surface area contributed by atoms with Gasteiger partial charge in [-0.3, -0.25) is 4.99 Å². The zero-order valence-electron chi connectivity index (χ0n) is 18.3. The zero-order valence-corrected chi connectivity index (χ0v) is 18.3. The first kappa shape index (κ1) is 22.5. The van der Waals surface area contributed by atoms with Crippen LogP contribution in [0.2, 0.25) is 0 Å². The molecule has 2 rings (SSSR count). The molecular weight excluding hydrogens is 352 g/mol. The Morgan fingerprint density at radius 1 is 1.25 bits per heavy atom. The van der Waals surface area contributed by atoms with E-state index in [1.165, 1.54) is 5.56 Å². The number of piperidine rings is 1. The average molecular weight is 391 g/mol. The van der Waals surface area contributed by atoms with Crippen molar-refractivity contribution >= 4 is 5.96 Å². The maximum Gasteiger partial charge on any atom is 0.191 e. The Bertz CT molecular complexity index is 610. The van der Waals surface area contributed by atoms with Crippen molar-refractivity contribution in [2.75, 3.05) is 53.6 Å². The van der Waals surface area contributed by atoms with Gasteiger partial charge in [0.15, 0.2) is 5.96 Å². The van der Waals surface area contributed by atoms with Crippen LogP contribution in [-0.2, 0) is 10.2 Å². The van der Waals surface area contributed by atoms with Gasteiger partial charge in [0.1, 0.15) is 5.75 Å². The van der Waals surface area contributed by atoms with Crippen molar-refractivity contribution in [1.82, 2.24) is 15.5 Å². The van der Waals surface area contributed by atoms with Crippen LogP contribution in [0.4, 0.5) is 0 Å². The second-order valence-corrected chi connectivity index (χ2v) is 8.06. The SMILES string of the molecule is CCNC(=NCC(C)(C)c1cccc(OC)c1)NC1CCN(CCOC)CC1. The maximum atomic E-state index is 5.38. The van der Waals surface area contributed by atoms with E-state index < -0.39 is 0 Å². The van der Waals surface area contributed by atoms with Crippen LogP contribution < -0.4 is 15.4 Å². The fourth-order valence-electron chi connectivity index (χ4n) is 3.45. The summed E-state index contributed by atoms with van der Waals surface area (Å²) in [7, 11) is 3.47. The Morgan fingerprint density at radius 3 is 2.64 bits per heavy atom. The number of guanidine groups is 1. The fraction of sp³-hybridized carbons (Fsp3) is 0.682. The van der Waals surface area contributed by atoms with E-state index in [2.05, 4.69) is 48.4 Å².